The van der Waals surface area contributed by atoms with E-state index in [2.05, 4.69) is 15.3 Å². The van der Waals surface area contributed by atoms with Gasteiger partial charge in [-0.1, -0.05) is 29.8 Å². The van der Waals surface area contributed by atoms with Crippen LogP contribution in [0.3, 0.4) is 0 Å². The number of nitrogens with one attached hydrogen (secondary N) is 1. The van der Waals surface area contributed by atoms with Gasteiger partial charge in [0.05, 0.1) is 5.02 Å². The first-order valence-electron chi connectivity index (χ1n) is 9.23. The van der Waals surface area contributed by atoms with Crippen molar-refractivity contribution >= 4 is 35.3 Å². The normalized spacial score (nSPS) is 11.0. The monoisotopic (exact) mass is 434 g/mol. The van der Waals surface area contributed by atoms with Crippen LogP contribution in [0.15, 0.2) is 79.3 Å². The highest BCUT2D eigenvalue weighted by atomic mass is 35.5. The van der Waals surface area contributed by atoms with Gasteiger partial charge in [0.2, 0.25) is 5.95 Å². The van der Waals surface area contributed by atoms with Crippen molar-refractivity contribution in [3.8, 4) is 16.9 Å². The number of nitrogens with zero attached hydrogens (tertiary/aromatic N) is 3. The van der Waals surface area contributed by atoms with Crippen LogP contribution in [-0.2, 0) is 4.79 Å². The van der Waals surface area contributed by atoms with E-state index in [0.717, 1.165) is 22.8 Å². The number of aliphatic carboxylic acids is 1. The number of hydrogen-bond donors (Lipinski definition) is 2. The van der Waals surface area contributed by atoms with Gasteiger partial charge in [-0.15, -0.1) is 0 Å². The summed E-state index contributed by atoms with van der Waals surface area (Å²) in [6.45, 7) is 0. The summed E-state index contributed by atoms with van der Waals surface area (Å²) in [7, 11) is 0. The van der Waals surface area contributed by atoms with Gasteiger partial charge < -0.3 is 15.0 Å². The summed E-state index contributed by atoms with van der Waals surface area (Å²) in [5.74, 6) is -0.585. The molecule has 0 radical (unpaired) electrons. The molecule has 0 aliphatic rings. The molecule has 2 aromatic carbocycles. The highest BCUT2D eigenvalue weighted by Crippen LogP contribution is 2.28. The Bertz CT molecular complexity index is 1270. The van der Waals surface area contributed by atoms with Crippen LogP contribution in [0.4, 0.5) is 16.0 Å². The highest BCUT2D eigenvalue weighted by Gasteiger charge is 2.12. The molecule has 6 nitrogen and oxygen atoms in total. The number of rotatable bonds is 6. The van der Waals surface area contributed by atoms with Gasteiger partial charge in [-0.05, 0) is 53.6 Å². The lowest BCUT2D eigenvalue weighted by Crippen LogP contribution is -2.04. The second-order valence-electron chi connectivity index (χ2n) is 6.57. The molecule has 2 aromatic heterocycles. The third kappa shape index (κ3) is 4.79. The van der Waals surface area contributed by atoms with Crippen LogP contribution < -0.4 is 5.32 Å². The average Bonchev–Trinajstić information content (AvgIpc) is 3.30. The Hall–Kier alpha value is -3.97. The number of carbonyl (C=O) groups is 1. The van der Waals surface area contributed by atoms with Crippen LogP contribution in [0.5, 0.6) is 0 Å². The maximum absolute atomic E-state index is 13.4. The molecule has 0 saturated carbocycles. The van der Waals surface area contributed by atoms with E-state index in [1.165, 1.54) is 18.2 Å². The molecule has 2 heterocycles. The molecule has 8 heteroatoms. The molecule has 154 valence electrons. The SMILES string of the molecule is O=C(O)C=Cc1cccc(-c2cnc(Nc3ccc(F)c(Cl)c3)nc2-n2cccc2)c1. The van der Waals surface area contributed by atoms with Crippen molar-refractivity contribution in [2.75, 3.05) is 5.32 Å². The van der Waals surface area contributed by atoms with Gasteiger partial charge in [0, 0.05) is 35.9 Å². The molecule has 4 rings (SSSR count). The quantitative estimate of drug-likeness (QED) is 0.388. The predicted molar refractivity (Wildman–Crippen MR) is 118 cm³/mol. The smallest absolute Gasteiger partial charge is 0.328 e. The number of anilines is 2. The molecule has 0 unspecified atom stereocenters. The number of halogens is 2. The van der Waals surface area contributed by atoms with E-state index in [1.807, 2.05) is 53.4 Å². The molecule has 0 spiro atoms. The van der Waals surface area contributed by atoms with Crippen molar-refractivity contribution in [2.45, 2.75) is 0 Å². The zero-order valence-corrected chi connectivity index (χ0v) is 16.8. The van der Waals surface area contributed by atoms with E-state index in [-0.39, 0.29) is 5.02 Å². The summed E-state index contributed by atoms with van der Waals surface area (Å²) in [5.41, 5.74) is 2.87. The average molecular weight is 435 g/mol. The Morgan fingerprint density at radius 3 is 2.68 bits per heavy atom. The van der Waals surface area contributed by atoms with Gasteiger partial charge in [-0.3, -0.25) is 0 Å². The number of aromatic nitrogens is 3. The fourth-order valence-corrected chi connectivity index (χ4v) is 3.17. The highest BCUT2D eigenvalue weighted by molar-refractivity contribution is 6.31. The van der Waals surface area contributed by atoms with Crippen LogP contribution in [0.2, 0.25) is 5.02 Å². The molecule has 0 saturated heterocycles. The van der Waals surface area contributed by atoms with Crippen LogP contribution in [0.25, 0.3) is 23.0 Å². The third-order valence-corrected chi connectivity index (χ3v) is 4.70. The van der Waals surface area contributed by atoms with Crippen molar-refractivity contribution in [1.82, 2.24) is 14.5 Å². The third-order valence-electron chi connectivity index (χ3n) is 4.41. The molecule has 0 atom stereocenters. The maximum atomic E-state index is 13.4. The zero-order chi connectivity index (χ0) is 21.8. The number of carboxylic acid groups (broad SMARTS) is 1. The van der Waals surface area contributed by atoms with Crippen molar-refractivity contribution in [2.24, 2.45) is 0 Å². The summed E-state index contributed by atoms with van der Waals surface area (Å²) in [6.07, 6.45) is 8.01. The molecule has 0 bridgehead atoms. The van der Waals surface area contributed by atoms with Crippen LogP contribution in [0.1, 0.15) is 5.56 Å². The zero-order valence-electron chi connectivity index (χ0n) is 16.0. The minimum atomic E-state index is -1.02. The van der Waals surface area contributed by atoms with Gasteiger partial charge >= 0.3 is 5.97 Å². The Labute approximate surface area is 182 Å². The fraction of sp³-hybridized carbons (Fsp3) is 0. The number of carboxylic acids is 1. The van der Waals surface area contributed by atoms with E-state index < -0.39 is 11.8 Å². The summed E-state index contributed by atoms with van der Waals surface area (Å²) in [4.78, 5) is 19.8. The fourth-order valence-electron chi connectivity index (χ4n) is 2.99. The molecule has 0 amide bonds. The molecule has 2 N–H and O–H groups in total. The number of hydrogen-bond acceptors (Lipinski definition) is 4. The van der Waals surface area contributed by atoms with Crippen molar-refractivity contribution in [1.29, 1.82) is 0 Å². The minimum Gasteiger partial charge on any atom is -0.478 e. The first-order valence-corrected chi connectivity index (χ1v) is 9.61. The van der Waals surface area contributed by atoms with Crippen molar-refractivity contribution < 1.29 is 14.3 Å². The first kappa shape index (κ1) is 20.3. The molecule has 31 heavy (non-hydrogen) atoms. The molecular formula is C23H16ClFN4O2. The largest absolute Gasteiger partial charge is 0.478 e. The van der Waals surface area contributed by atoms with Gasteiger partial charge in [-0.2, -0.15) is 4.98 Å². The van der Waals surface area contributed by atoms with Crippen LogP contribution >= 0.6 is 11.6 Å². The lowest BCUT2D eigenvalue weighted by molar-refractivity contribution is -0.131. The topological polar surface area (TPSA) is 80.0 Å². The molecule has 0 aliphatic heterocycles. The lowest BCUT2D eigenvalue weighted by Gasteiger charge is -2.13. The van der Waals surface area contributed by atoms with E-state index in [9.17, 15) is 9.18 Å². The molecule has 0 aliphatic carbocycles. The summed E-state index contributed by atoms with van der Waals surface area (Å²) in [6, 6.07) is 15.4. The van der Waals surface area contributed by atoms with Crippen molar-refractivity contribution in [3.05, 3.63) is 95.7 Å². The van der Waals surface area contributed by atoms with E-state index in [1.54, 1.807) is 12.3 Å². The van der Waals surface area contributed by atoms with E-state index in [4.69, 9.17) is 16.7 Å². The second-order valence-corrected chi connectivity index (χ2v) is 6.98. The van der Waals surface area contributed by atoms with Gasteiger partial charge in [-0.25, -0.2) is 14.2 Å². The van der Waals surface area contributed by atoms with Crippen LogP contribution in [0, 0.1) is 5.82 Å². The number of benzene rings is 2. The van der Waals surface area contributed by atoms with Gasteiger partial charge in [0.15, 0.2) is 0 Å². The van der Waals surface area contributed by atoms with E-state index in [0.29, 0.717) is 17.5 Å². The van der Waals surface area contributed by atoms with Crippen LogP contribution in [-0.4, -0.2) is 25.6 Å². The Balaban J connectivity index is 1.74. The molecular weight excluding hydrogens is 419 g/mol. The Morgan fingerprint density at radius 1 is 1.13 bits per heavy atom. The van der Waals surface area contributed by atoms with E-state index >= 15 is 0 Å². The molecule has 0 fully saturated rings. The van der Waals surface area contributed by atoms with Gasteiger partial charge in [0.25, 0.3) is 0 Å². The summed E-state index contributed by atoms with van der Waals surface area (Å²) in [5, 5.41) is 11.9. The Kier molecular flexibility index (Phi) is 5.77. The second kappa shape index (κ2) is 8.81. The predicted octanol–water partition coefficient (Wildman–Crippen LogP) is 5.57. The lowest BCUT2D eigenvalue weighted by atomic mass is 10.0. The Morgan fingerprint density at radius 2 is 1.94 bits per heavy atom. The maximum Gasteiger partial charge on any atom is 0.328 e. The van der Waals surface area contributed by atoms with Crippen molar-refractivity contribution in [3.63, 3.8) is 0 Å². The van der Waals surface area contributed by atoms with Gasteiger partial charge in [0.1, 0.15) is 11.6 Å². The standard InChI is InChI=1S/C23H16ClFN4O2/c24-19-13-17(7-8-20(19)25)27-23-26-14-18(22(28-23)29-10-1-2-11-29)16-5-3-4-15(12-16)6-9-21(30)31/h1-14H,(H,30,31)(H,26,27,28). The summed E-state index contributed by atoms with van der Waals surface area (Å²) >= 11 is 5.86. The first-order chi connectivity index (χ1) is 15.0. The minimum absolute atomic E-state index is 0.00140. The molecule has 4 aromatic rings. The summed E-state index contributed by atoms with van der Waals surface area (Å²) < 4.78 is 15.3.